The Morgan fingerprint density at radius 1 is 0.950 bits per heavy atom. The van der Waals surface area contributed by atoms with Crippen molar-refractivity contribution in [3.63, 3.8) is 0 Å². The first-order valence-electron chi connectivity index (χ1n) is 6.27. The van der Waals surface area contributed by atoms with Crippen LogP contribution >= 0.6 is 0 Å². The van der Waals surface area contributed by atoms with Gasteiger partial charge in [-0.3, -0.25) is 0 Å². The molecule has 4 nitrogen and oxygen atoms in total. The van der Waals surface area contributed by atoms with E-state index >= 15 is 0 Å². The normalized spacial score (nSPS) is 16.5. The highest BCUT2D eigenvalue weighted by Crippen LogP contribution is 2.42. The molecule has 0 N–H and O–H groups in total. The van der Waals surface area contributed by atoms with Crippen molar-refractivity contribution in [1.29, 1.82) is 0 Å². The largest absolute Gasteiger partial charge is 0.493 e. The first-order chi connectivity index (χ1) is 9.76. The third-order valence-corrected chi connectivity index (χ3v) is 3.40. The van der Waals surface area contributed by atoms with Gasteiger partial charge in [0.05, 0.1) is 19.8 Å². The number of hydrogen-bond acceptors (Lipinski definition) is 4. The SMILES string of the molecule is COc1cccc(C2OC(=O)c3ccccc32)c1OC. The summed E-state index contributed by atoms with van der Waals surface area (Å²) in [6.07, 6.45) is -0.455. The van der Waals surface area contributed by atoms with Crippen LogP contribution in [0.15, 0.2) is 42.5 Å². The van der Waals surface area contributed by atoms with E-state index in [2.05, 4.69) is 0 Å². The quantitative estimate of drug-likeness (QED) is 0.804. The van der Waals surface area contributed by atoms with Gasteiger partial charge in [-0.2, -0.15) is 0 Å². The Kier molecular flexibility index (Phi) is 3.06. The van der Waals surface area contributed by atoms with Gasteiger partial charge in [0.2, 0.25) is 0 Å². The molecular weight excluding hydrogens is 256 g/mol. The highest BCUT2D eigenvalue weighted by molar-refractivity contribution is 5.94. The maximum absolute atomic E-state index is 11.9. The second kappa shape index (κ2) is 4.89. The number of rotatable bonds is 3. The highest BCUT2D eigenvalue weighted by Gasteiger charge is 2.34. The van der Waals surface area contributed by atoms with E-state index in [9.17, 15) is 4.79 Å². The number of cyclic esters (lactones) is 1. The fourth-order valence-electron chi connectivity index (χ4n) is 2.50. The zero-order valence-corrected chi connectivity index (χ0v) is 11.3. The zero-order chi connectivity index (χ0) is 14.1. The van der Waals surface area contributed by atoms with E-state index in [0.29, 0.717) is 17.1 Å². The van der Waals surface area contributed by atoms with Gasteiger partial charge in [0, 0.05) is 11.1 Å². The molecule has 0 fully saturated rings. The minimum Gasteiger partial charge on any atom is -0.493 e. The molecule has 102 valence electrons. The first kappa shape index (κ1) is 12.5. The number of carbonyl (C=O) groups is 1. The summed E-state index contributed by atoms with van der Waals surface area (Å²) in [5.74, 6) is 0.894. The molecule has 1 aliphatic rings. The van der Waals surface area contributed by atoms with Crippen molar-refractivity contribution in [2.24, 2.45) is 0 Å². The van der Waals surface area contributed by atoms with Crippen LogP contribution in [-0.4, -0.2) is 20.2 Å². The zero-order valence-electron chi connectivity index (χ0n) is 11.3. The van der Waals surface area contributed by atoms with E-state index < -0.39 is 6.10 Å². The van der Waals surface area contributed by atoms with E-state index in [1.54, 1.807) is 20.3 Å². The lowest BCUT2D eigenvalue weighted by molar-refractivity contribution is 0.0452. The molecule has 1 unspecified atom stereocenters. The van der Waals surface area contributed by atoms with Crippen LogP contribution in [-0.2, 0) is 4.74 Å². The second-order valence-corrected chi connectivity index (χ2v) is 4.46. The number of methoxy groups -OCH3 is 2. The number of ether oxygens (including phenoxy) is 3. The number of fused-ring (bicyclic) bond motifs is 1. The van der Waals surface area contributed by atoms with E-state index in [-0.39, 0.29) is 5.97 Å². The highest BCUT2D eigenvalue weighted by atomic mass is 16.6. The number of esters is 1. The Bertz CT molecular complexity index is 663. The Hall–Kier alpha value is -2.49. The average Bonchev–Trinajstić information content (AvgIpc) is 2.84. The monoisotopic (exact) mass is 270 g/mol. The number of para-hydroxylation sites is 1. The standard InChI is InChI=1S/C16H14O4/c1-18-13-9-5-8-12(15(13)19-2)14-10-6-3-4-7-11(10)16(17)20-14/h3-9,14H,1-2H3. The molecule has 1 aliphatic heterocycles. The summed E-state index contributed by atoms with van der Waals surface area (Å²) in [5.41, 5.74) is 2.23. The lowest BCUT2D eigenvalue weighted by atomic mass is 9.98. The predicted molar refractivity (Wildman–Crippen MR) is 73.2 cm³/mol. The Morgan fingerprint density at radius 2 is 1.70 bits per heavy atom. The first-order valence-corrected chi connectivity index (χ1v) is 6.27. The summed E-state index contributed by atoms with van der Waals surface area (Å²) in [7, 11) is 3.15. The topological polar surface area (TPSA) is 44.8 Å². The van der Waals surface area contributed by atoms with Gasteiger partial charge in [0.1, 0.15) is 0 Å². The molecular formula is C16H14O4. The van der Waals surface area contributed by atoms with E-state index in [1.807, 2.05) is 36.4 Å². The molecule has 0 bridgehead atoms. The molecule has 0 saturated heterocycles. The lowest BCUT2D eigenvalue weighted by Crippen LogP contribution is -2.04. The molecule has 4 heteroatoms. The van der Waals surface area contributed by atoms with Crippen LogP contribution in [0.3, 0.4) is 0 Å². The summed E-state index contributed by atoms with van der Waals surface area (Å²) >= 11 is 0. The molecule has 0 radical (unpaired) electrons. The fraction of sp³-hybridized carbons (Fsp3) is 0.188. The predicted octanol–water partition coefficient (Wildman–Crippen LogP) is 2.96. The van der Waals surface area contributed by atoms with Gasteiger partial charge in [-0.25, -0.2) is 4.79 Å². The van der Waals surface area contributed by atoms with Gasteiger partial charge in [-0.1, -0.05) is 30.3 Å². The molecule has 0 amide bonds. The molecule has 1 heterocycles. The fourth-order valence-corrected chi connectivity index (χ4v) is 2.50. The van der Waals surface area contributed by atoms with E-state index in [1.165, 1.54) is 0 Å². The van der Waals surface area contributed by atoms with Gasteiger partial charge >= 0.3 is 5.97 Å². The molecule has 0 spiro atoms. The summed E-state index contributed by atoms with van der Waals surface area (Å²) in [4.78, 5) is 11.9. The Morgan fingerprint density at radius 3 is 2.45 bits per heavy atom. The summed E-state index contributed by atoms with van der Waals surface area (Å²) in [5, 5.41) is 0. The third-order valence-electron chi connectivity index (χ3n) is 3.40. The smallest absolute Gasteiger partial charge is 0.339 e. The minimum atomic E-state index is -0.455. The van der Waals surface area contributed by atoms with Crippen LogP contribution < -0.4 is 9.47 Å². The molecule has 0 saturated carbocycles. The third kappa shape index (κ3) is 1.81. The van der Waals surface area contributed by atoms with Crippen LogP contribution in [0.1, 0.15) is 27.6 Å². The maximum atomic E-state index is 11.9. The van der Waals surface area contributed by atoms with Gasteiger partial charge < -0.3 is 14.2 Å². The van der Waals surface area contributed by atoms with Gasteiger partial charge in [0.15, 0.2) is 17.6 Å². The maximum Gasteiger partial charge on any atom is 0.339 e. The molecule has 3 rings (SSSR count). The van der Waals surface area contributed by atoms with Crippen molar-refractivity contribution < 1.29 is 19.0 Å². The average molecular weight is 270 g/mol. The van der Waals surface area contributed by atoms with Gasteiger partial charge in [0.25, 0.3) is 0 Å². The van der Waals surface area contributed by atoms with E-state index in [4.69, 9.17) is 14.2 Å². The van der Waals surface area contributed by atoms with Crippen molar-refractivity contribution in [2.45, 2.75) is 6.10 Å². The lowest BCUT2D eigenvalue weighted by Gasteiger charge is -2.17. The van der Waals surface area contributed by atoms with Crippen LogP contribution in [0.5, 0.6) is 11.5 Å². The van der Waals surface area contributed by atoms with Crippen molar-refractivity contribution in [1.82, 2.24) is 0 Å². The summed E-state index contributed by atoms with van der Waals surface area (Å²) < 4.78 is 16.2. The van der Waals surface area contributed by atoms with Crippen molar-refractivity contribution >= 4 is 5.97 Å². The second-order valence-electron chi connectivity index (χ2n) is 4.46. The summed E-state index contributed by atoms with van der Waals surface area (Å²) in [6, 6.07) is 12.9. The molecule has 0 aromatic heterocycles. The van der Waals surface area contributed by atoms with Crippen molar-refractivity contribution in [3.05, 3.63) is 59.2 Å². The number of hydrogen-bond donors (Lipinski definition) is 0. The van der Waals surface area contributed by atoms with Crippen LogP contribution in [0.2, 0.25) is 0 Å². The summed E-state index contributed by atoms with van der Waals surface area (Å²) in [6.45, 7) is 0. The van der Waals surface area contributed by atoms with Crippen molar-refractivity contribution in [2.75, 3.05) is 14.2 Å². The van der Waals surface area contributed by atoms with Crippen molar-refractivity contribution in [3.8, 4) is 11.5 Å². The number of benzene rings is 2. The number of carbonyl (C=O) groups excluding carboxylic acids is 1. The molecule has 2 aromatic rings. The molecule has 1 atom stereocenters. The van der Waals surface area contributed by atoms with E-state index in [0.717, 1.165) is 11.1 Å². The Balaban J connectivity index is 2.14. The van der Waals surface area contributed by atoms with Crippen LogP contribution in [0, 0.1) is 0 Å². The minimum absolute atomic E-state index is 0.310. The van der Waals surface area contributed by atoms with Gasteiger partial charge in [-0.15, -0.1) is 0 Å². The molecule has 20 heavy (non-hydrogen) atoms. The van der Waals surface area contributed by atoms with Crippen LogP contribution in [0.25, 0.3) is 0 Å². The molecule has 0 aliphatic carbocycles. The van der Waals surface area contributed by atoms with Crippen LogP contribution in [0.4, 0.5) is 0 Å². The Labute approximate surface area is 116 Å². The van der Waals surface area contributed by atoms with Gasteiger partial charge in [-0.05, 0) is 12.1 Å². The molecule has 2 aromatic carbocycles.